The van der Waals surface area contributed by atoms with Crippen molar-refractivity contribution in [2.75, 3.05) is 30.8 Å². The smallest absolute Gasteiger partial charge is 0.243 e. The highest BCUT2D eigenvalue weighted by Gasteiger charge is 2.30. The van der Waals surface area contributed by atoms with E-state index in [2.05, 4.69) is 5.32 Å². The molecule has 0 spiro atoms. The second kappa shape index (κ2) is 14.7. The highest BCUT2D eigenvalue weighted by atomic mass is 35.5. The summed E-state index contributed by atoms with van der Waals surface area (Å²) in [5.41, 5.74) is 2.21. The predicted molar refractivity (Wildman–Crippen MR) is 159 cm³/mol. The number of sulfonamides is 1. The van der Waals surface area contributed by atoms with Gasteiger partial charge in [0.15, 0.2) is 0 Å². The number of likely N-dealkylation sites (N-methyl/N-ethyl adjacent to an activating group) is 1. The fourth-order valence-corrected chi connectivity index (χ4v) is 5.49. The maximum atomic E-state index is 13.8. The Morgan fingerprint density at radius 3 is 2.30 bits per heavy atom. The lowest BCUT2D eigenvalue weighted by Gasteiger charge is -2.32. The van der Waals surface area contributed by atoms with E-state index in [0.717, 1.165) is 17.4 Å². The van der Waals surface area contributed by atoms with Crippen LogP contribution in [-0.2, 0) is 32.6 Å². The van der Waals surface area contributed by atoms with E-state index in [0.29, 0.717) is 29.4 Å². The zero-order valence-corrected chi connectivity index (χ0v) is 24.6. The number of ether oxygens (including phenoxy) is 1. The fourth-order valence-electron chi connectivity index (χ4n) is 4.40. The van der Waals surface area contributed by atoms with Crippen LogP contribution in [0.15, 0.2) is 78.9 Å². The second-order valence-electron chi connectivity index (χ2n) is 9.39. The van der Waals surface area contributed by atoms with E-state index in [1.807, 2.05) is 49.4 Å². The molecule has 0 heterocycles. The van der Waals surface area contributed by atoms with Gasteiger partial charge in [0.1, 0.15) is 11.8 Å². The zero-order chi connectivity index (χ0) is 29.1. The van der Waals surface area contributed by atoms with Crippen molar-refractivity contribution in [2.24, 2.45) is 0 Å². The molecule has 2 amide bonds. The molecule has 0 aliphatic rings. The third-order valence-corrected chi connectivity index (χ3v) is 7.83. The van der Waals surface area contributed by atoms with Gasteiger partial charge in [-0.15, -0.1) is 0 Å². The first-order chi connectivity index (χ1) is 19.1. The molecule has 0 fully saturated rings. The van der Waals surface area contributed by atoms with Crippen LogP contribution >= 0.6 is 11.6 Å². The highest BCUT2D eigenvalue weighted by Crippen LogP contribution is 2.24. The van der Waals surface area contributed by atoms with Crippen LogP contribution in [0.25, 0.3) is 0 Å². The van der Waals surface area contributed by atoms with Gasteiger partial charge in [0.25, 0.3) is 0 Å². The minimum atomic E-state index is -3.62. The molecule has 3 aromatic carbocycles. The van der Waals surface area contributed by atoms with E-state index in [1.54, 1.807) is 41.3 Å². The summed E-state index contributed by atoms with van der Waals surface area (Å²) in [4.78, 5) is 28.6. The zero-order valence-electron chi connectivity index (χ0n) is 23.0. The van der Waals surface area contributed by atoms with Crippen LogP contribution in [0, 0.1) is 0 Å². The summed E-state index contributed by atoms with van der Waals surface area (Å²) >= 11 is 6.07. The average molecular weight is 586 g/mol. The SMILES string of the molecule is CCNC(=O)[C@@H](Cc1ccccc1)N(Cc1ccc(Cl)cc1)C(=O)CCCN(c1cccc(OC)c1)S(C)(=O)=O. The Bertz CT molecular complexity index is 1370. The molecule has 0 saturated carbocycles. The summed E-state index contributed by atoms with van der Waals surface area (Å²) in [7, 11) is -2.10. The topological polar surface area (TPSA) is 96.0 Å². The van der Waals surface area contributed by atoms with E-state index in [9.17, 15) is 18.0 Å². The number of benzene rings is 3. The summed E-state index contributed by atoms with van der Waals surface area (Å²) in [5, 5.41) is 3.44. The summed E-state index contributed by atoms with van der Waals surface area (Å²) in [5.74, 6) is 0.0334. The van der Waals surface area contributed by atoms with Gasteiger partial charge in [-0.1, -0.05) is 60.1 Å². The van der Waals surface area contributed by atoms with Crippen molar-refractivity contribution in [2.45, 2.75) is 38.8 Å². The van der Waals surface area contributed by atoms with E-state index < -0.39 is 16.1 Å². The Morgan fingerprint density at radius 1 is 0.975 bits per heavy atom. The van der Waals surface area contributed by atoms with Gasteiger partial charge < -0.3 is 15.0 Å². The van der Waals surface area contributed by atoms with E-state index in [-0.39, 0.29) is 37.7 Å². The van der Waals surface area contributed by atoms with Crippen LogP contribution in [0.2, 0.25) is 5.02 Å². The van der Waals surface area contributed by atoms with Crippen molar-refractivity contribution in [1.29, 1.82) is 0 Å². The number of hydrogen-bond donors (Lipinski definition) is 1. The Balaban J connectivity index is 1.85. The van der Waals surface area contributed by atoms with Crippen LogP contribution in [0.5, 0.6) is 5.75 Å². The number of anilines is 1. The average Bonchev–Trinajstić information content (AvgIpc) is 2.94. The molecule has 1 atom stereocenters. The Kier molecular flexibility index (Phi) is 11.4. The summed E-state index contributed by atoms with van der Waals surface area (Å²) in [6.45, 7) is 2.56. The molecule has 8 nitrogen and oxygen atoms in total. The third-order valence-electron chi connectivity index (χ3n) is 6.38. The molecule has 0 aliphatic carbocycles. The molecule has 0 unspecified atom stereocenters. The van der Waals surface area contributed by atoms with Crippen LogP contribution < -0.4 is 14.4 Å². The molecular weight excluding hydrogens is 550 g/mol. The molecular formula is C30H36ClN3O5S. The molecule has 10 heteroatoms. The van der Waals surface area contributed by atoms with Gasteiger partial charge in [0, 0.05) is 43.6 Å². The van der Waals surface area contributed by atoms with Crippen molar-refractivity contribution in [3.63, 3.8) is 0 Å². The maximum absolute atomic E-state index is 13.8. The van der Waals surface area contributed by atoms with Crippen LogP contribution in [0.3, 0.4) is 0 Å². The van der Waals surface area contributed by atoms with Gasteiger partial charge in [-0.05, 0) is 48.7 Å². The van der Waals surface area contributed by atoms with Crippen molar-refractivity contribution in [3.05, 3.63) is 95.0 Å². The predicted octanol–water partition coefficient (Wildman–Crippen LogP) is 4.67. The summed E-state index contributed by atoms with van der Waals surface area (Å²) < 4.78 is 31.7. The second-order valence-corrected chi connectivity index (χ2v) is 11.7. The summed E-state index contributed by atoms with van der Waals surface area (Å²) in [6.07, 6.45) is 1.78. The molecule has 0 saturated heterocycles. The number of rotatable bonds is 14. The Labute approximate surface area is 241 Å². The van der Waals surface area contributed by atoms with Gasteiger partial charge in [0.05, 0.1) is 19.1 Å². The summed E-state index contributed by atoms with van der Waals surface area (Å²) in [6, 6.07) is 22.7. The lowest BCUT2D eigenvalue weighted by atomic mass is 10.0. The Morgan fingerprint density at radius 2 is 1.68 bits per heavy atom. The maximum Gasteiger partial charge on any atom is 0.243 e. The van der Waals surface area contributed by atoms with Gasteiger partial charge in [0.2, 0.25) is 21.8 Å². The third kappa shape index (κ3) is 8.99. The Hall–Kier alpha value is -3.56. The first kappa shape index (κ1) is 31.0. The normalized spacial score (nSPS) is 11.9. The quantitative estimate of drug-likeness (QED) is 0.297. The number of halogens is 1. The minimum absolute atomic E-state index is 0.0499. The standard InChI is InChI=1S/C30H36ClN3O5S/c1-4-32-30(36)28(20-23-10-6-5-7-11-23)33(22-24-15-17-25(31)18-16-24)29(35)14-9-19-34(40(3,37)38)26-12-8-13-27(21-26)39-2/h5-8,10-13,15-18,21,28H,4,9,14,19-20,22H2,1-3H3,(H,32,36)/t28-/m1/s1. The van der Waals surface area contributed by atoms with Gasteiger partial charge in [-0.2, -0.15) is 0 Å². The van der Waals surface area contributed by atoms with Crippen LogP contribution in [0.1, 0.15) is 30.9 Å². The number of methoxy groups -OCH3 is 1. The number of hydrogen-bond acceptors (Lipinski definition) is 5. The molecule has 1 N–H and O–H groups in total. The van der Waals surface area contributed by atoms with Gasteiger partial charge in [-0.25, -0.2) is 8.42 Å². The monoisotopic (exact) mass is 585 g/mol. The largest absolute Gasteiger partial charge is 0.497 e. The van der Waals surface area contributed by atoms with Crippen LogP contribution in [-0.4, -0.2) is 57.6 Å². The highest BCUT2D eigenvalue weighted by molar-refractivity contribution is 7.92. The lowest BCUT2D eigenvalue weighted by molar-refractivity contribution is -0.141. The molecule has 3 aromatic rings. The van der Waals surface area contributed by atoms with Crippen molar-refractivity contribution in [3.8, 4) is 5.75 Å². The fraction of sp³-hybridized carbons (Fsp3) is 0.333. The number of amides is 2. The van der Waals surface area contributed by atoms with E-state index in [1.165, 1.54) is 11.4 Å². The molecule has 214 valence electrons. The van der Waals surface area contributed by atoms with E-state index >= 15 is 0 Å². The van der Waals surface area contributed by atoms with Gasteiger partial charge in [-0.3, -0.25) is 13.9 Å². The number of carbonyl (C=O) groups is 2. The molecule has 0 aliphatic heterocycles. The molecule has 0 bridgehead atoms. The van der Waals surface area contributed by atoms with Crippen molar-refractivity contribution >= 4 is 39.1 Å². The number of carbonyl (C=O) groups excluding carboxylic acids is 2. The molecule has 3 rings (SSSR count). The van der Waals surface area contributed by atoms with Crippen LogP contribution in [0.4, 0.5) is 5.69 Å². The molecule has 0 aromatic heterocycles. The first-order valence-electron chi connectivity index (χ1n) is 13.1. The molecule has 0 radical (unpaired) electrons. The van der Waals surface area contributed by atoms with Crippen molar-refractivity contribution < 1.29 is 22.7 Å². The van der Waals surface area contributed by atoms with Gasteiger partial charge >= 0.3 is 0 Å². The number of nitrogens with zero attached hydrogens (tertiary/aromatic N) is 2. The van der Waals surface area contributed by atoms with E-state index in [4.69, 9.17) is 16.3 Å². The lowest BCUT2D eigenvalue weighted by Crippen LogP contribution is -2.50. The number of nitrogens with one attached hydrogen (secondary N) is 1. The van der Waals surface area contributed by atoms with Crippen molar-refractivity contribution in [1.82, 2.24) is 10.2 Å². The molecule has 40 heavy (non-hydrogen) atoms. The first-order valence-corrected chi connectivity index (χ1v) is 15.3. The minimum Gasteiger partial charge on any atom is -0.497 e.